The van der Waals surface area contributed by atoms with Crippen LogP contribution in [0, 0.1) is 0 Å². The summed E-state index contributed by atoms with van der Waals surface area (Å²) in [6, 6.07) is 0. The Morgan fingerprint density at radius 2 is 2.09 bits per heavy atom. The van der Waals surface area contributed by atoms with E-state index in [0.717, 1.165) is 11.3 Å². The van der Waals surface area contributed by atoms with Gasteiger partial charge >= 0.3 is 0 Å². The first-order valence-corrected chi connectivity index (χ1v) is 3.37. The normalized spacial score (nSPS) is 13.2. The molecule has 0 aromatic heterocycles. The fourth-order valence-electron chi connectivity index (χ4n) is 0.498. The molecule has 0 rings (SSSR count). The summed E-state index contributed by atoms with van der Waals surface area (Å²) in [5, 5.41) is 10.8. The van der Waals surface area contributed by atoms with Crippen molar-refractivity contribution in [2.45, 2.75) is 13.8 Å². The molecule has 0 saturated carbocycles. The highest BCUT2D eigenvalue weighted by Crippen LogP contribution is 1.97. The maximum Gasteiger partial charge on any atom is 0.0683 e. The van der Waals surface area contributed by atoms with E-state index < -0.39 is 0 Å². The fourth-order valence-corrected chi connectivity index (χ4v) is 0.498. The Hall–Kier alpha value is -1.25. The summed E-state index contributed by atoms with van der Waals surface area (Å²) in [7, 11) is 1.58. The van der Waals surface area contributed by atoms with Gasteiger partial charge in [-0.15, -0.1) is 5.10 Å². The van der Waals surface area contributed by atoms with E-state index >= 15 is 0 Å². The predicted octanol–water partition coefficient (Wildman–Crippen LogP) is 2.58. The third-order valence-electron chi connectivity index (χ3n) is 1.12. The minimum atomic E-state index is 0.786. The summed E-state index contributed by atoms with van der Waals surface area (Å²) in [5.74, 6) is 0. The molecule has 11 heavy (non-hydrogen) atoms. The Labute approximate surface area is 67.2 Å². The second-order valence-corrected chi connectivity index (χ2v) is 2.00. The molecule has 0 aromatic rings. The van der Waals surface area contributed by atoms with Crippen LogP contribution in [-0.4, -0.2) is 12.8 Å². The first kappa shape index (κ1) is 9.75. The van der Waals surface area contributed by atoms with Crippen LogP contribution in [0.1, 0.15) is 13.8 Å². The highest BCUT2D eigenvalue weighted by Gasteiger charge is 1.91. The molecular weight excluding hydrogens is 138 g/mol. The molecule has 0 bridgehead atoms. The Bertz CT molecular complexity index is 211. The highest BCUT2D eigenvalue weighted by molar-refractivity contribution is 5.99. The minimum Gasteiger partial charge on any atom is -0.172 e. The van der Waals surface area contributed by atoms with Crippen molar-refractivity contribution < 1.29 is 0 Å². The van der Waals surface area contributed by atoms with Gasteiger partial charge in [0.15, 0.2) is 0 Å². The van der Waals surface area contributed by atoms with Gasteiger partial charge in [-0.2, -0.15) is 5.11 Å². The first-order chi connectivity index (χ1) is 5.22. The molecule has 0 aliphatic carbocycles. The molecule has 0 N–H and O–H groups in total. The molecule has 0 aromatic carbocycles. The second kappa shape index (κ2) is 5.53. The average Bonchev–Trinajstić information content (AvgIpc) is 2.00. The lowest BCUT2D eigenvalue weighted by atomic mass is 10.2. The van der Waals surface area contributed by atoms with Crippen LogP contribution in [0.25, 0.3) is 0 Å². The van der Waals surface area contributed by atoms with Gasteiger partial charge in [-0.05, 0) is 24.6 Å². The summed E-state index contributed by atoms with van der Waals surface area (Å²) in [6.07, 6.45) is 3.79. The molecule has 0 aliphatic rings. The molecule has 0 radical (unpaired) electrons. The van der Waals surface area contributed by atoms with Gasteiger partial charge in [0.25, 0.3) is 0 Å². The van der Waals surface area contributed by atoms with Gasteiger partial charge in [-0.1, -0.05) is 18.7 Å². The van der Waals surface area contributed by atoms with Gasteiger partial charge in [0.2, 0.25) is 0 Å². The van der Waals surface area contributed by atoms with Crippen LogP contribution < -0.4 is 0 Å². The van der Waals surface area contributed by atoms with Crippen LogP contribution in [0.2, 0.25) is 0 Å². The Kier molecular flexibility index (Phi) is 4.90. The van der Waals surface area contributed by atoms with Gasteiger partial charge in [-0.25, -0.2) is 0 Å². The van der Waals surface area contributed by atoms with Crippen molar-refractivity contribution in [3.05, 3.63) is 24.3 Å². The van der Waals surface area contributed by atoms with E-state index in [0.29, 0.717) is 0 Å². The van der Waals surface area contributed by atoms with E-state index in [9.17, 15) is 0 Å². The monoisotopic (exact) mass is 151 g/mol. The van der Waals surface area contributed by atoms with Crippen LogP contribution in [0.15, 0.2) is 39.7 Å². The first-order valence-electron chi connectivity index (χ1n) is 3.37. The molecule has 0 atom stereocenters. The van der Waals surface area contributed by atoms with Crippen molar-refractivity contribution in [3.63, 3.8) is 0 Å². The SMILES string of the molecule is C=C(C=CC)/C(C)=N\N=NC. The van der Waals surface area contributed by atoms with Gasteiger partial charge in [0, 0.05) is 0 Å². The van der Waals surface area contributed by atoms with Crippen molar-refractivity contribution in [2.24, 2.45) is 15.4 Å². The molecular formula is C8H13N3. The van der Waals surface area contributed by atoms with Crippen molar-refractivity contribution in [1.29, 1.82) is 0 Å². The lowest BCUT2D eigenvalue weighted by Gasteiger charge is -1.93. The average molecular weight is 151 g/mol. The van der Waals surface area contributed by atoms with Crippen LogP contribution in [-0.2, 0) is 0 Å². The highest BCUT2D eigenvalue weighted by atomic mass is 15.4. The van der Waals surface area contributed by atoms with Crippen LogP contribution >= 0.6 is 0 Å². The Balaban J connectivity index is 4.23. The van der Waals surface area contributed by atoms with Gasteiger partial charge in [0.05, 0.1) is 12.8 Å². The summed E-state index contributed by atoms with van der Waals surface area (Å²) in [4.78, 5) is 0. The molecule has 3 nitrogen and oxygen atoms in total. The third kappa shape index (κ3) is 4.19. The van der Waals surface area contributed by atoms with Gasteiger partial charge in [0.1, 0.15) is 0 Å². The topological polar surface area (TPSA) is 37.1 Å². The maximum atomic E-state index is 3.79. The number of allylic oxidation sites excluding steroid dienone is 3. The van der Waals surface area contributed by atoms with E-state index in [4.69, 9.17) is 0 Å². The van der Waals surface area contributed by atoms with E-state index in [1.807, 2.05) is 26.0 Å². The molecule has 0 aliphatic heterocycles. The Morgan fingerprint density at radius 1 is 1.45 bits per heavy atom. The van der Waals surface area contributed by atoms with Crippen molar-refractivity contribution in [2.75, 3.05) is 7.05 Å². The van der Waals surface area contributed by atoms with Gasteiger partial charge in [-0.3, -0.25) is 0 Å². The van der Waals surface area contributed by atoms with Crippen molar-refractivity contribution >= 4 is 5.71 Å². The second-order valence-electron chi connectivity index (χ2n) is 2.00. The number of rotatable bonds is 3. The zero-order chi connectivity index (χ0) is 8.69. The molecule has 0 spiro atoms. The zero-order valence-electron chi connectivity index (χ0n) is 7.20. The third-order valence-corrected chi connectivity index (χ3v) is 1.12. The molecule has 0 unspecified atom stereocenters. The molecule has 60 valence electrons. The number of hydrogen-bond acceptors (Lipinski definition) is 2. The maximum absolute atomic E-state index is 3.79. The largest absolute Gasteiger partial charge is 0.172 e. The Morgan fingerprint density at radius 3 is 2.55 bits per heavy atom. The molecule has 0 fully saturated rings. The quantitative estimate of drug-likeness (QED) is 0.257. The number of nitrogens with zero attached hydrogens (tertiary/aromatic N) is 3. The molecule has 0 amide bonds. The molecule has 3 heteroatoms. The van der Waals surface area contributed by atoms with E-state index in [1.165, 1.54) is 0 Å². The minimum absolute atomic E-state index is 0.786. The summed E-state index contributed by atoms with van der Waals surface area (Å²) in [5.41, 5.74) is 1.65. The van der Waals surface area contributed by atoms with Crippen molar-refractivity contribution in [3.8, 4) is 0 Å². The smallest absolute Gasteiger partial charge is 0.0683 e. The summed E-state index contributed by atoms with van der Waals surface area (Å²) < 4.78 is 0. The van der Waals surface area contributed by atoms with E-state index in [2.05, 4.69) is 22.0 Å². The zero-order valence-corrected chi connectivity index (χ0v) is 7.20. The molecule has 0 heterocycles. The van der Waals surface area contributed by atoms with Crippen LogP contribution in [0.4, 0.5) is 0 Å². The standard InChI is InChI=1S/C8H13N3/c1-5-6-7(2)8(3)10-11-9-4/h5-6H,2H2,1,3-4H3/b6-5?,10-8-,11-9?. The van der Waals surface area contributed by atoms with E-state index in [1.54, 1.807) is 7.05 Å². The summed E-state index contributed by atoms with van der Waals surface area (Å²) >= 11 is 0. The lowest BCUT2D eigenvalue weighted by Crippen LogP contribution is -1.90. The molecule has 0 saturated heterocycles. The predicted molar refractivity (Wildman–Crippen MR) is 47.8 cm³/mol. The summed E-state index contributed by atoms with van der Waals surface area (Å²) in [6.45, 7) is 7.55. The lowest BCUT2D eigenvalue weighted by molar-refractivity contribution is 1.02. The fraction of sp³-hybridized carbons (Fsp3) is 0.375. The number of hydrogen-bond donors (Lipinski definition) is 0. The van der Waals surface area contributed by atoms with E-state index in [-0.39, 0.29) is 0 Å². The van der Waals surface area contributed by atoms with Crippen molar-refractivity contribution in [1.82, 2.24) is 0 Å². The van der Waals surface area contributed by atoms with Crippen LogP contribution in [0.5, 0.6) is 0 Å². The van der Waals surface area contributed by atoms with Gasteiger partial charge < -0.3 is 0 Å². The van der Waals surface area contributed by atoms with Crippen LogP contribution in [0.3, 0.4) is 0 Å².